The van der Waals surface area contributed by atoms with Crippen molar-refractivity contribution in [1.82, 2.24) is 10.3 Å². The molecule has 1 aliphatic heterocycles. The SMILES string of the molecule is COc1c(F)cc(C2N=C(NC#N)Nc3nc(N)c(C#N)c(N)c32)cc1Br. The molecule has 0 spiro atoms. The summed E-state index contributed by atoms with van der Waals surface area (Å²) in [4.78, 5) is 8.50. The van der Waals surface area contributed by atoms with Crippen LogP contribution in [0.4, 0.5) is 21.7 Å². The molecular weight excluding hydrogens is 419 g/mol. The Hall–Kier alpha value is -3.57. The molecule has 1 aliphatic rings. The second-order valence-electron chi connectivity index (χ2n) is 5.42. The van der Waals surface area contributed by atoms with E-state index in [1.54, 1.807) is 12.3 Å². The standard InChI is InChI=1S/C16H12BrFN8O/c1-27-13-8(17)2-6(3-9(13)18)12-10-11(21)7(4-19)14(22)25-15(10)26-16(24-12)23-5-20/h2-3,12H,1H3,(H6,21,22,23,24,25,26). The smallest absolute Gasteiger partial charge is 0.211 e. The van der Waals surface area contributed by atoms with Crippen LogP contribution in [0.25, 0.3) is 0 Å². The normalized spacial score (nSPS) is 14.9. The van der Waals surface area contributed by atoms with E-state index in [0.29, 0.717) is 15.6 Å². The molecule has 0 aliphatic carbocycles. The Bertz CT molecular complexity index is 1030. The van der Waals surface area contributed by atoms with Crippen molar-refractivity contribution in [2.24, 2.45) is 4.99 Å². The third-order valence-corrected chi connectivity index (χ3v) is 4.49. The summed E-state index contributed by atoms with van der Waals surface area (Å²) in [6.45, 7) is 0. The molecule has 1 unspecified atom stereocenters. The molecule has 6 N–H and O–H groups in total. The van der Waals surface area contributed by atoms with Crippen LogP contribution in [0, 0.1) is 28.6 Å². The summed E-state index contributed by atoms with van der Waals surface area (Å²) in [6, 6.07) is 3.91. The monoisotopic (exact) mass is 430 g/mol. The summed E-state index contributed by atoms with van der Waals surface area (Å²) in [6.07, 6.45) is 1.74. The predicted octanol–water partition coefficient (Wildman–Crippen LogP) is 1.97. The van der Waals surface area contributed by atoms with Gasteiger partial charge in [-0.15, -0.1) is 0 Å². The minimum atomic E-state index is -0.839. The first-order valence-corrected chi connectivity index (χ1v) is 8.22. The molecule has 9 nitrogen and oxygen atoms in total. The molecule has 3 rings (SSSR count). The number of ether oxygens (including phenoxy) is 1. The van der Waals surface area contributed by atoms with Gasteiger partial charge in [-0.1, -0.05) is 0 Å². The number of halogens is 2. The highest BCUT2D eigenvalue weighted by molar-refractivity contribution is 9.10. The van der Waals surface area contributed by atoms with Crippen molar-refractivity contribution in [3.8, 4) is 18.0 Å². The molecule has 2 heterocycles. The maximum Gasteiger partial charge on any atom is 0.211 e. The number of methoxy groups -OCH3 is 1. The molecule has 27 heavy (non-hydrogen) atoms. The van der Waals surface area contributed by atoms with E-state index >= 15 is 0 Å². The number of nitrogen functional groups attached to an aromatic ring is 2. The average Bonchev–Trinajstić information content (AvgIpc) is 2.61. The van der Waals surface area contributed by atoms with Crippen molar-refractivity contribution in [2.45, 2.75) is 6.04 Å². The van der Waals surface area contributed by atoms with Gasteiger partial charge < -0.3 is 21.5 Å². The first-order valence-electron chi connectivity index (χ1n) is 7.43. The Morgan fingerprint density at radius 2 is 2.11 bits per heavy atom. The largest absolute Gasteiger partial charge is 0.492 e. The zero-order chi connectivity index (χ0) is 19.7. The van der Waals surface area contributed by atoms with Gasteiger partial charge >= 0.3 is 0 Å². The number of nitriles is 2. The lowest BCUT2D eigenvalue weighted by molar-refractivity contribution is 0.383. The van der Waals surface area contributed by atoms with E-state index in [4.69, 9.17) is 21.5 Å². The number of fused-ring (bicyclic) bond motifs is 1. The van der Waals surface area contributed by atoms with Crippen LogP contribution in [0.5, 0.6) is 5.75 Å². The molecule has 0 amide bonds. The first kappa shape index (κ1) is 18.2. The molecule has 2 aromatic rings. The molecule has 136 valence electrons. The van der Waals surface area contributed by atoms with Gasteiger partial charge in [-0.2, -0.15) is 10.5 Å². The van der Waals surface area contributed by atoms with Gasteiger partial charge in [0.05, 0.1) is 17.3 Å². The third kappa shape index (κ3) is 3.05. The number of nitrogens with two attached hydrogens (primary N) is 2. The van der Waals surface area contributed by atoms with Crippen LogP contribution in [0.15, 0.2) is 21.6 Å². The van der Waals surface area contributed by atoms with Crippen molar-refractivity contribution in [1.29, 1.82) is 10.5 Å². The fraction of sp³-hybridized carbons (Fsp3) is 0.125. The van der Waals surface area contributed by atoms with E-state index in [9.17, 15) is 9.65 Å². The van der Waals surface area contributed by atoms with Crippen molar-refractivity contribution in [3.63, 3.8) is 0 Å². The Kier molecular flexibility index (Phi) is 4.71. The fourth-order valence-electron chi connectivity index (χ4n) is 2.75. The van der Waals surface area contributed by atoms with Crippen LogP contribution in [0.1, 0.15) is 22.7 Å². The third-order valence-electron chi connectivity index (χ3n) is 3.90. The molecular formula is C16H12BrFN8O. The van der Waals surface area contributed by atoms with Gasteiger partial charge in [0.2, 0.25) is 5.96 Å². The van der Waals surface area contributed by atoms with E-state index < -0.39 is 11.9 Å². The number of nitrogens with zero attached hydrogens (tertiary/aromatic N) is 4. The molecule has 11 heteroatoms. The van der Waals surface area contributed by atoms with E-state index in [-0.39, 0.29) is 34.6 Å². The van der Waals surface area contributed by atoms with E-state index in [2.05, 4.69) is 36.5 Å². The molecule has 0 saturated carbocycles. The van der Waals surface area contributed by atoms with Gasteiger partial charge in [0.25, 0.3) is 0 Å². The van der Waals surface area contributed by atoms with Gasteiger partial charge in [-0.3, -0.25) is 5.32 Å². The summed E-state index contributed by atoms with van der Waals surface area (Å²) in [7, 11) is 1.35. The minimum absolute atomic E-state index is 0.000455. The number of benzene rings is 1. The summed E-state index contributed by atoms with van der Waals surface area (Å²) >= 11 is 3.25. The van der Waals surface area contributed by atoms with E-state index in [1.165, 1.54) is 13.2 Å². The maximum absolute atomic E-state index is 14.4. The average molecular weight is 431 g/mol. The summed E-state index contributed by atoms with van der Waals surface area (Å²) < 4.78 is 19.8. The molecule has 1 aromatic heterocycles. The zero-order valence-electron chi connectivity index (χ0n) is 13.8. The lowest BCUT2D eigenvalue weighted by Gasteiger charge is -2.26. The summed E-state index contributed by atoms with van der Waals surface area (Å²) in [5, 5.41) is 23.4. The van der Waals surface area contributed by atoms with Crippen molar-refractivity contribution < 1.29 is 9.13 Å². The van der Waals surface area contributed by atoms with Crippen LogP contribution in [0.3, 0.4) is 0 Å². The second kappa shape index (κ2) is 6.97. The number of hydrogen-bond donors (Lipinski definition) is 4. The van der Waals surface area contributed by atoms with E-state index in [0.717, 1.165) is 0 Å². The van der Waals surface area contributed by atoms with Crippen molar-refractivity contribution in [3.05, 3.63) is 39.1 Å². The van der Waals surface area contributed by atoms with E-state index in [1.807, 2.05) is 6.07 Å². The van der Waals surface area contributed by atoms with Gasteiger partial charge in [-0.25, -0.2) is 14.4 Å². The van der Waals surface area contributed by atoms with Crippen LogP contribution < -0.4 is 26.8 Å². The van der Waals surface area contributed by atoms with Crippen molar-refractivity contribution >= 4 is 39.2 Å². The topological polar surface area (TPSA) is 158 Å². The van der Waals surface area contributed by atoms with Crippen LogP contribution in [-0.4, -0.2) is 18.1 Å². The fourth-order valence-corrected chi connectivity index (χ4v) is 3.37. The Labute approximate surface area is 161 Å². The van der Waals surface area contributed by atoms with Gasteiger partial charge in [0.1, 0.15) is 29.3 Å². The highest BCUT2D eigenvalue weighted by Crippen LogP contribution is 2.42. The summed E-state index contributed by atoms with van der Waals surface area (Å²) in [5.41, 5.74) is 12.7. The van der Waals surface area contributed by atoms with Gasteiger partial charge in [0, 0.05) is 5.56 Å². The number of guanidine groups is 1. The number of hydrogen-bond acceptors (Lipinski definition) is 9. The van der Waals surface area contributed by atoms with Crippen LogP contribution in [-0.2, 0) is 0 Å². The van der Waals surface area contributed by atoms with Crippen LogP contribution in [0.2, 0.25) is 0 Å². The number of pyridine rings is 1. The highest BCUT2D eigenvalue weighted by atomic mass is 79.9. The van der Waals surface area contributed by atoms with Crippen molar-refractivity contribution in [2.75, 3.05) is 23.9 Å². The summed E-state index contributed by atoms with van der Waals surface area (Å²) in [5.74, 6) is -0.351. The lowest BCUT2D eigenvalue weighted by Crippen LogP contribution is -2.32. The minimum Gasteiger partial charge on any atom is -0.492 e. The first-order chi connectivity index (χ1) is 12.9. The van der Waals surface area contributed by atoms with Gasteiger partial charge in [-0.05, 0) is 33.6 Å². The molecule has 1 atom stereocenters. The number of aliphatic imine (C=N–C) groups is 1. The number of nitrogens with one attached hydrogen (secondary N) is 2. The molecule has 0 radical (unpaired) electrons. The second-order valence-corrected chi connectivity index (χ2v) is 6.27. The Morgan fingerprint density at radius 1 is 1.37 bits per heavy atom. The lowest BCUT2D eigenvalue weighted by atomic mass is 9.95. The Morgan fingerprint density at radius 3 is 2.70 bits per heavy atom. The predicted molar refractivity (Wildman–Crippen MR) is 100 cm³/mol. The van der Waals surface area contributed by atoms with Gasteiger partial charge in [0.15, 0.2) is 17.8 Å². The number of aromatic nitrogens is 1. The zero-order valence-corrected chi connectivity index (χ0v) is 15.4. The molecule has 1 aromatic carbocycles. The molecule has 0 bridgehead atoms. The Balaban J connectivity index is 2.27. The number of rotatable bonds is 2. The molecule has 0 saturated heterocycles. The number of anilines is 3. The molecule has 0 fully saturated rings. The highest BCUT2D eigenvalue weighted by Gasteiger charge is 2.30. The maximum atomic E-state index is 14.4. The quantitative estimate of drug-likeness (QED) is 0.415. The van der Waals surface area contributed by atoms with Crippen LogP contribution >= 0.6 is 15.9 Å².